The van der Waals surface area contributed by atoms with Crippen molar-refractivity contribution in [1.82, 2.24) is 9.80 Å². The number of ether oxygens (including phenoxy) is 2. The van der Waals surface area contributed by atoms with Crippen LogP contribution in [0.4, 0.5) is 14.9 Å². The van der Waals surface area contributed by atoms with Gasteiger partial charge in [-0.3, -0.25) is 14.5 Å². The molecule has 1 aromatic rings. The van der Waals surface area contributed by atoms with Crippen LogP contribution < -0.4 is 10.1 Å². The number of hydrogen-bond donors (Lipinski definition) is 2. The van der Waals surface area contributed by atoms with Crippen LogP contribution in [-0.2, 0) is 14.3 Å². The van der Waals surface area contributed by atoms with Gasteiger partial charge in [0.2, 0.25) is 0 Å². The van der Waals surface area contributed by atoms with Crippen LogP contribution in [0, 0.1) is 11.7 Å². The number of benzene rings is 1. The van der Waals surface area contributed by atoms with Gasteiger partial charge in [0.25, 0.3) is 11.8 Å². The highest BCUT2D eigenvalue weighted by Crippen LogP contribution is 2.30. The number of carbonyl (C=O) groups excluding carboxylic acids is 3. The van der Waals surface area contributed by atoms with Crippen LogP contribution >= 0.6 is 0 Å². The molecule has 9 nitrogen and oxygen atoms in total. The third-order valence-electron chi connectivity index (χ3n) is 5.28. The molecule has 0 spiro atoms. The van der Waals surface area contributed by atoms with E-state index in [0.717, 1.165) is 23.8 Å². The van der Waals surface area contributed by atoms with Crippen molar-refractivity contribution in [2.75, 3.05) is 38.2 Å². The number of nitrogens with one attached hydrogen (secondary N) is 1. The number of piperidine rings is 1. The number of anilines is 1. The van der Waals surface area contributed by atoms with E-state index < -0.39 is 23.2 Å². The summed E-state index contributed by atoms with van der Waals surface area (Å²) in [4.78, 5) is 39.1. The van der Waals surface area contributed by atoms with E-state index in [9.17, 15) is 18.8 Å². The van der Waals surface area contributed by atoms with Crippen molar-refractivity contribution in [2.24, 2.45) is 5.92 Å². The Morgan fingerprint density at radius 3 is 2.58 bits per heavy atom. The minimum atomic E-state index is -0.598. The summed E-state index contributed by atoms with van der Waals surface area (Å²) < 4.78 is 25.2. The van der Waals surface area contributed by atoms with E-state index in [2.05, 4.69) is 5.32 Å². The van der Waals surface area contributed by atoms with Gasteiger partial charge in [0.1, 0.15) is 22.9 Å². The number of halogens is 1. The van der Waals surface area contributed by atoms with Gasteiger partial charge in [0, 0.05) is 25.2 Å². The number of β-amino-alcohol motifs (C(OH)–C–C–N with tert-alkyl or cyclic N) is 1. The van der Waals surface area contributed by atoms with E-state index in [0.29, 0.717) is 25.4 Å². The normalized spacial score (nSPS) is 17.3. The Labute approximate surface area is 192 Å². The highest BCUT2D eigenvalue weighted by atomic mass is 19.1. The molecule has 2 N–H and O–H groups in total. The van der Waals surface area contributed by atoms with Gasteiger partial charge in [-0.1, -0.05) is 0 Å². The molecule has 2 aliphatic rings. The first-order valence-corrected chi connectivity index (χ1v) is 10.9. The molecule has 3 rings (SSSR count). The molecule has 3 amide bonds. The third-order valence-corrected chi connectivity index (χ3v) is 5.28. The first-order chi connectivity index (χ1) is 15.6. The van der Waals surface area contributed by atoms with Crippen molar-refractivity contribution in [2.45, 2.75) is 39.2 Å². The smallest absolute Gasteiger partial charge is 0.410 e. The Kier molecular flexibility index (Phi) is 7.57. The molecule has 0 atom stereocenters. The molecule has 0 aliphatic carbocycles. The second kappa shape index (κ2) is 10.2. The lowest BCUT2D eigenvalue weighted by molar-refractivity contribution is -0.137. The lowest BCUT2D eigenvalue weighted by Crippen LogP contribution is -2.42. The molecule has 2 heterocycles. The maximum atomic E-state index is 13.9. The summed E-state index contributed by atoms with van der Waals surface area (Å²) in [6, 6.07) is 3.90. The van der Waals surface area contributed by atoms with E-state index in [-0.39, 0.29) is 36.5 Å². The molecule has 2 aliphatic heterocycles. The quantitative estimate of drug-likeness (QED) is 0.598. The number of likely N-dealkylation sites (tertiary alicyclic amines) is 1. The van der Waals surface area contributed by atoms with Crippen molar-refractivity contribution in [1.29, 1.82) is 0 Å². The lowest BCUT2D eigenvalue weighted by Gasteiger charge is -2.33. The van der Waals surface area contributed by atoms with Gasteiger partial charge in [-0.15, -0.1) is 0 Å². The summed E-state index contributed by atoms with van der Waals surface area (Å²) in [6.07, 6.45) is 2.25. The predicted molar refractivity (Wildman–Crippen MR) is 118 cm³/mol. The average molecular weight is 464 g/mol. The molecule has 1 aromatic carbocycles. The molecule has 0 aromatic heterocycles. The number of aliphatic hydroxyl groups excluding tert-OH is 1. The lowest BCUT2D eigenvalue weighted by atomic mass is 9.98. The monoisotopic (exact) mass is 463 g/mol. The highest BCUT2D eigenvalue weighted by Gasteiger charge is 2.31. The Bertz CT molecular complexity index is 935. The predicted octanol–water partition coefficient (Wildman–Crippen LogP) is 2.51. The summed E-state index contributed by atoms with van der Waals surface area (Å²) >= 11 is 0. The van der Waals surface area contributed by atoms with E-state index in [4.69, 9.17) is 14.6 Å². The first kappa shape index (κ1) is 24.5. The maximum absolute atomic E-state index is 13.9. The van der Waals surface area contributed by atoms with Crippen LogP contribution in [0.2, 0.25) is 0 Å². The van der Waals surface area contributed by atoms with Crippen molar-refractivity contribution in [3.63, 3.8) is 0 Å². The summed E-state index contributed by atoms with van der Waals surface area (Å²) in [5.41, 5.74) is -0.340. The zero-order chi connectivity index (χ0) is 24.2. The number of nitrogens with zero attached hydrogens (tertiary/aromatic N) is 2. The molecular formula is C23H30FN3O6. The summed E-state index contributed by atoms with van der Waals surface area (Å²) in [5.74, 6) is -1.14. The van der Waals surface area contributed by atoms with E-state index in [1.54, 1.807) is 4.90 Å². The van der Waals surface area contributed by atoms with Crippen LogP contribution in [0.15, 0.2) is 30.0 Å². The molecule has 0 unspecified atom stereocenters. The second-order valence-electron chi connectivity index (χ2n) is 9.06. The molecule has 0 radical (unpaired) electrons. The number of rotatable bonds is 7. The van der Waals surface area contributed by atoms with Crippen LogP contribution in [0.5, 0.6) is 5.75 Å². The van der Waals surface area contributed by atoms with Crippen molar-refractivity contribution in [3.8, 4) is 5.75 Å². The molecule has 33 heavy (non-hydrogen) atoms. The average Bonchev–Trinajstić information content (AvgIpc) is 3.00. The molecular weight excluding hydrogens is 433 g/mol. The number of imide groups is 1. The van der Waals surface area contributed by atoms with Gasteiger partial charge >= 0.3 is 6.09 Å². The zero-order valence-corrected chi connectivity index (χ0v) is 19.1. The van der Waals surface area contributed by atoms with Gasteiger partial charge in [0.05, 0.1) is 25.4 Å². The Morgan fingerprint density at radius 2 is 1.94 bits per heavy atom. The summed E-state index contributed by atoms with van der Waals surface area (Å²) in [7, 11) is 0. The third kappa shape index (κ3) is 6.44. The number of hydrogen-bond acceptors (Lipinski definition) is 7. The summed E-state index contributed by atoms with van der Waals surface area (Å²) in [6.45, 7) is 6.49. The Morgan fingerprint density at radius 1 is 1.24 bits per heavy atom. The topological polar surface area (TPSA) is 108 Å². The number of aliphatic hydroxyl groups is 1. The largest absolute Gasteiger partial charge is 0.491 e. The van der Waals surface area contributed by atoms with E-state index >= 15 is 0 Å². The minimum Gasteiger partial charge on any atom is -0.491 e. The van der Waals surface area contributed by atoms with Crippen LogP contribution in [-0.4, -0.2) is 71.3 Å². The molecule has 10 heteroatoms. The standard InChI is InChI=1S/C23H30FN3O6/c1-23(2,3)33-22(31)26-8-6-15(7-9-26)14-32-19-5-4-16(24)12-17(19)25-18-13-20(29)27(10-11-28)21(18)30/h4-5,12-13,15,25,28H,6-11,14H2,1-3H3. The van der Waals surface area contributed by atoms with E-state index in [1.165, 1.54) is 18.2 Å². The Balaban J connectivity index is 1.58. The molecule has 1 fully saturated rings. The van der Waals surface area contributed by atoms with Crippen molar-refractivity contribution < 1.29 is 33.4 Å². The zero-order valence-electron chi connectivity index (χ0n) is 19.1. The fraction of sp³-hybridized carbons (Fsp3) is 0.522. The molecule has 0 bridgehead atoms. The van der Waals surface area contributed by atoms with Gasteiger partial charge in [-0.2, -0.15) is 0 Å². The molecule has 0 saturated carbocycles. The minimum absolute atomic E-state index is 0.0189. The maximum Gasteiger partial charge on any atom is 0.410 e. The fourth-order valence-corrected chi connectivity index (χ4v) is 3.60. The van der Waals surface area contributed by atoms with Gasteiger partial charge in [-0.05, 0) is 51.7 Å². The van der Waals surface area contributed by atoms with E-state index in [1.807, 2.05) is 20.8 Å². The SMILES string of the molecule is CC(C)(C)OC(=O)N1CCC(COc2ccc(F)cc2NC2=CC(=O)N(CCO)C2=O)CC1. The fourth-order valence-electron chi connectivity index (χ4n) is 3.60. The highest BCUT2D eigenvalue weighted by molar-refractivity contribution is 6.17. The van der Waals surface area contributed by atoms with Gasteiger partial charge in [-0.25, -0.2) is 9.18 Å². The van der Waals surface area contributed by atoms with Crippen LogP contribution in [0.3, 0.4) is 0 Å². The van der Waals surface area contributed by atoms with Crippen LogP contribution in [0.1, 0.15) is 33.6 Å². The van der Waals surface area contributed by atoms with Gasteiger partial charge in [0.15, 0.2) is 0 Å². The van der Waals surface area contributed by atoms with Gasteiger partial charge < -0.3 is 24.8 Å². The number of amides is 3. The van der Waals surface area contributed by atoms with Crippen LogP contribution in [0.25, 0.3) is 0 Å². The van der Waals surface area contributed by atoms with Crippen molar-refractivity contribution in [3.05, 3.63) is 35.8 Å². The Hall–Kier alpha value is -3.14. The second-order valence-corrected chi connectivity index (χ2v) is 9.06. The first-order valence-electron chi connectivity index (χ1n) is 10.9. The molecule has 180 valence electrons. The van der Waals surface area contributed by atoms with Crippen molar-refractivity contribution >= 4 is 23.6 Å². The molecule has 1 saturated heterocycles. The summed E-state index contributed by atoms with van der Waals surface area (Å²) in [5, 5.41) is 11.8. The number of carbonyl (C=O) groups is 3.